The molecule has 0 aliphatic carbocycles. The first-order valence-electron chi connectivity index (χ1n) is 11.6. The van der Waals surface area contributed by atoms with E-state index >= 15 is 0 Å². The van der Waals surface area contributed by atoms with Crippen molar-refractivity contribution in [2.45, 2.75) is 0 Å². The number of aryl methyl sites for hydroxylation is 1. The molecule has 0 bridgehead atoms. The number of aromatic nitrogens is 4. The van der Waals surface area contributed by atoms with E-state index in [-0.39, 0.29) is 11.6 Å². The van der Waals surface area contributed by atoms with Crippen LogP contribution in [0.4, 0.5) is 23.0 Å². The Morgan fingerprint density at radius 3 is 2.47 bits per heavy atom. The number of rotatable bonds is 10. The summed E-state index contributed by atoms with van der Waals surface area (Å²) in [6.07, 6.45) is 3.27. The number of methoxy groups -OCH3 is 2. The molecule has 12 nitrogen and oxygen atoms in total. The normalized spacial score (nSPS) is 11.2. The highest BCUT2D eigenvalue weighted by atomic mass is 35.5. The Morgan fingerprint density at radius 1 is 1.08 bits per heavy atom. The Kier molecular flexibility index (Phi) is 7.83. The highest BCUT2D eigenvalue weighted by molar-refractivity contribution is 6.33. The van der Waals surface area contributed by atoms with Gasteiger partial charge in [-0.25, -0.2) is 9.97 Å². The van der Waals surface area contributed by atoms with Gasteiger partial charge >= 0.3 is 0 Å². The molecule has 0 fully saturated rings. The minimum absolute atomic E-state index is 0.0677. The number of fused-ring (bicyclic) bond motifs is 1. The zero-order valence-corrected chi connectivity index (χ0v) is 22.8. The highest BCUT2D eigenvalue weighted by Gasteiger charge is 2.23. The molecule has 0 saturated carbocycles. The number of hydrogen-bond donors (Lipinski definition) is 1. The first-order chi connectivity index (χ1) is 18.1. The fourth-order valence-corrected chi connectivity index (χ4v) is 4.31. The van der Waals surface area contributed by atoms with E-state index in [1.54, 1.807) is 13.2 Å². The summed E-state index contributed by atoms with van der Waals surface area (Å²) in [5.74, 6) is 1.56. The van der Waals surface area contributed by atoms with E-state index in [0.29, 0.717) is 40.3 Å². The lowest BCUT2D eigenvalue weighted by molar-refractivity contribution is -0.384. The molecule has 1 N–H and O–H groups in total. The van der Waals surface area contributed by atoms with Crippen molar-refractivity contribution in [2.24, 2.45) is 7.05 Å². The molecule has 4 aromatic rings. The Bertz CT molecular complexity index is 1490. The molecular formula is C25H29ClN8O4. The number of nitro groups is 1. The van der Waals surface area contributed by atoms with E-state index in [4.69, 9.17) is 21.1 Å². The van der Waals surface area contributed by atoms with Gasteiger partial charge in [0.15, 0.2) is 5.82 Å². The zero-order valence-electron chi connectivity index (χ0n) is 22.0. The van der Waals surface area contributed by atoms with E-state index < -0.39 is 4.92 Å². The molecule has 2 aromatic heterocycles. The van der Waals surface area contributed by atoms with Crippen LogP contribution in [0.15, 0.2) is 36.8 Å². The van der Waals surface area contributed by atoms with E-state index in [0.717, 1.165) is 23.0 Å². The van der Waals surface area contributed by atoms with Crippen molar-refractivity contribution in [2.75, 3.05) is 58.7 Å². The topological polar surface area (TPSA) is 124 Å². The number of nitrogens with zero attached hydrogens (tertiary/aromatic N) is 7. The maximum atomic E-state index is 11.9. The summed E-state index contributed by atoms with van der Waals surface area (Å²) >= 11 is 6.32. The molecule has 0 spiro atoms. The van der Waals surface area contributed by atoms with Crippen LogP contribution >= 0.6 is 11.6 Å². The van der Waals surface area contributed by atoms with E-state index in [1.165, 1.54) is 19.5 Å². The first-order valence-corrected chi connectivity index (χ1v) is 12.0. The minimum Gasteiger partial charge on any atom is -0.495 e. The summed E-state index contributed by atoms with van der Waals surface area (Å²) < 4.78 is 12.9. The number of halogens is 1. The molecule has 0 atom stereocenters. The molecule has 4 rings (SSSR count). The largest absolute Gasteiger partial charge is 0.495 e. The zero-order chi connectivity index (χ0) is 27.6. The van der Waals surface area contributed by atoms with Crippen LogP contribution in [0.25, 0.3) is 22.3 Å². The summed E-state index contributed by atoms with van der Waals surface area (Å²) in [7, 11) is 10.7. The molecule has 2 aromatic carbocycles. The predicted octanol–water partition coefficient (Wildman–Crippen LogP) is 4.35. The quantitative estimate of drug-likeness (QED) is 0.229. The van der Waals surface area contributed by atoms with Gasteiger partial charge in [-0.15, -0.1) is 0 Å². The highest BCUT2D eigenvalue weighted by Crippen LogP contribution is 2.39. The molecule has 2 heterocycles. The lowest BCUT2D eigenvalue weighted by atomic mass is 10.1. The van der Waals surface area contributed by atoms with Crippen LogP contribution in [0.1, 0.15) is 0 Å². The molecule has 13 heteroatoms. The maximum Gasteiger partial charge on any atom is 0.294 e. The molecule has 0 aliphatic heterocycles. The van der Waals surface area contributed by atoms with Crippen molar-refractivity contribution in [3.63, 3.8) is 0 Å². The Morgan fingerprint density at radius 2 is 1.82 bits per heavy atom. The Labute approximate surface area is 224 Å². The first kappa shape index (κ1) is 26.9. The third-order valence-electron chi connectivity index (χ3n) is 6.11. The molecule has 38 heavy (non-hydrogen) atoms. The number of hydrogen-bond acceptors (Lipinski definition) is 10. The fraction of sp³-hybridized carbons (Fsp3) is 0.320. The van der Waals surface area contributed by atoms with E-state index in [2.05, 4.69) is 20.3 Å². The number of nitro benzene ring substituents is 1. The Balaban J connectivity index is 1.72. The molecular weight excluding hydrogens is 512 g/mol. The molecule has 200 valence electrons. The number of benzene rings is 2. The van der Waals surface area contributed by atoms with Crippen molar-refractivity contribution >= 4 is 45.5 Å². The average molecular weight is 541 g/mol. The second-order valence-electron chi connectivity index (χ2n) is 8.94. The van der Waals surface area contributed by atoms with Gasteiger partial charge in [-0.1, -0.05) is 11.6 Å². The number of ether oxygens (including phenoxy) is 2. The van der Waals surface area contributed by atoms with Gasteiger partial charge in [-0.2, -0.15) is 4.98 Å². The summed E-state index contributed by atoms with van der Waals surface area (Å²) in [6, 6.07) is 6.72. The van der Waals surface area contributed by atoms with Crippen molar-refractivity contribution in [3.8, 4) is 22.9 Å². The number of anilines is 3. The van der Waals surface area contributed by atoms with Crippen LogP contribution in [0.5, 0.6) is 11.5 Å². The third-order valence-corrected chi connectivity index (χ3v) is 6.40. The van der Waals surface area contributed by atoms with Crippen LogP contribution in [-0.4, -0.2) is 77.8 Å². The van der Waals surface area contributed by atoms with Crippen molar-refractivity contribution in [1.29, 1.82) is 0 Å². The van der Waals surface area contributed by atoms with Gasteiger partial charge in [0.2, 0.25) is 5.95 Å². The molecule has 0 unspecified atom stereocenters. The lowest BCUT2D eigenvalue weighted by Crippen LogP contribution is -2.28. The summed E-state index contributed by atoms with van der Waals surface area (Å²) in [4.78, 5) is 28.5. The number of likely N-dealkylation sites (N-methyl/N-ethyl adjacent to an activating group) is 2. The van der Waals surface area contributed by atoms with Crippen molar-refractivity contribution in [1.82, 2.24) is 24.4 Å². The van der Waals surface area contributed by atoms with Gasteiger partial charge in [-0.05, 0) is 26.2 Å². The molecule has 0 aliphatic rings. The smallest absolute Gasteiger partial charge is 0.294 e. The second-order valence-corrected chi connectivity index (χ2v) is 9.35. The number of nitrogens with one attached hydrogen (secondary N) is 1. The minimum atomic E-state index is -0.417. The summed E-state index contributed by atoms with van der Waals surface area (Å²) in [6.45, 7) is 1.33. The van der Waals surface area contributed by atoms with Crippen LogP contribution in [0, 0.1) is 10.1 Å². The predicted molar refractivity (Wildman–Crippen MR) is 148 cm³/mol. The van der Waals surface area contributed by atoms with Gasteiger partial charge in [0.1, 0.15) is 23.5 Å². The van der Waals surface area contributed by atoms with Gasteiger partial charge < -0.3 is 29.2 Å². The monoisotopic (exact) mass is 540 g/mol. The van der Waals surface area contributed by atoms with E-state index in [1.807, 2.05) is 60.9 Å². The van der Waals surface area contributed by atoms with Crippen molar-refractivity contribution < 1.29 is 14.4 Å². The standard InChI is InChI=1S/C25H29ClN8O4/c1-31(2)7-8-32(3)20-12-23(38-6)18(11-21(20)34(35)36)29-25-28-14-27-24(30-25)16-13-33(4)19-10-17(26)22(37-5)9-15(16)19/h9-14H,7-8H2,1-6H3,(H,27,28,29,30). The van der Waals surface area contributed by atoms with Crippen LogP contribution in [-0.2, 0) is 7.05 Å². The van der Waals surface area contributed by atoms with Gasteiger partial charge in [0.05, 0.1) is 35.4 Å². The van der Waals surface area contributed by atoms with Crippen LogP contribution in [0.2, 0.25) is 5.02 Å². The lowest BCUT2D eigenvalue weighted by Gasteiger charge is -2.22. The SMILES string of the molecule is COc1cc2c(-c3ncnc(Nc4cc([N+](=O)[O-])c(N(C)CCN(C)C)cc4OC)n3)cn(C)c2cc1Cl. The fourth-order valence-electron chi connectivity index (χ4n) is 4.07. The maximum absolute atomic E-state index is 11.9. The van der Waals surface area contributed by atoms with Gasteiger partial charge in [0, 0.05) is 56.5 Å². The van der Waals surface area contributed by atoms with Gasteiger partial charge in [-0.3, -0.25) is 10.1 Å². The summed E-state index contributed by atoms with van der Waals surface area (Å²) in [5, 5.41) is 16.4. The second kappa shape index (κ2) is 11.1. The molecule has 0 radical (unpaired) electrons. The third kappa shape index (κ3) is 5.41. The van der Waals surface area contributed by atoms with Crippen LogP contribution < -0.4 is 19.7 Å². The van der Waals surface area contributed by atoms with Crippen molar-refractivity contribution in [3.05, 3.63) is 51.9 Å². The summed E-state index contributed by atoms with van der Waals surface area (Å²) in [5.41, 5.74) is 2.36. The van der Waals surface area contributed by atoms with Gasteiger partial charge in [0.25, 0.3) is 5.69 Å². The molecule has 0 saturated heterocycles. The average Bonchev–Trinajstić information content (AvgIpc) is 3.21. The Hall–Kier alpha value is -4.16. The van der Waals surface area contributed by atoms with E-state index in [9.17, 15) is 10.1 Å². The van der Waals surface area contributed by atoms with Crippen LogP contribution in [0.3, 0.4) is 0 Å². The molecule has 0 amide bonds.